The minimum absolute atomic E-state index is 0.0826. The molecule has 26 heavy (non-hydrogen) atoms. The molecule has 1 saturated heterocycles. The first-order valence-electron chi connectivity index (χ1n) is 8.37. The van der Waals surface area contributed by atoms with Gasteiger partial charge in [0.1, 0.15) is 11.4 Å². The second-order valence-electron chi connectivity index (χ2n) is 6.23. The minimum atomic E-state index is -0.479. The van der Waals surface area contributed by atoms with Gasteiger partial charge in [0.2, 0.25) is 0 Å². The number of fused-ring (bicyclic) bond motifs is 1. The van der Waals surface area contributed by atoms with E-state index in [0.717, 1.165) is 13.1 Å². The van der Waals surface area contributed by atoms with Gasteiger partial charge in [0.05, 0.1) is 5.39 Å². The lowest BCUT2D eigenvalue weighted by Gasteiger charge is -2.32. The van der Waals surface area contributed by atoms with Crippen LogP contribution in [0.2, 0.25) is 0 Å². The van der Waals surface area contributed by atoms with Crippen LogP contribution in [-0.4, -0.2) is 64.1 Å². The van der Waals surface area contributed by atoms with Gasteiger partial charge in [0.25, 0.3) is 5.91 Å². The number of likely N-dealkylation sites (N-methyl/N-ethyl adjacent to an activating group) is 1. The third-order valence-corrected chi connectivity index (χ3v) is 4.48. The Hall–Kier alpha value is -3.00. The van der Waals surface area contributed by atoms with E-state index in [9.17, 15) is 9.18 Å². The third-order valence-electron chi connectivity index (χ3n) is 4.48. The fourth-order valence-corrected chi connectivity index (χ4v) is 2.97. The van der Waals surface area contributed by atoms with Crippen molar-refractivity contribution in [3.05, 3.63) is 48.0 Å². The Balaban J connectivity index is 1.70. The van der Waals surface area contributed by atoms with Crippen molar-refractivity contribution in [3.63, 3.8) is 0 Å². The molecule has 0 radical (unpaired) electrons. The molecule has 0 spiro atoms. The van der Waals surface area contributed by atoms with Gasteiger partial charge in [-0.3, -0.25) is 9.89 Å². The average Bonchev–Trinajstić information content (AvgIpc) is 3.09. The number of piperazine rings is 1. The van der Waals surface area contributed by atoms with Gasteiger partial charge in [0, 0.05) is 38.4 Å². The number of nitrogens with zero attached hydrogens (tertiary/aromatic N) is 4. The van der Waals surface area contributed by atoms with Gasteiger partial charge in [-0.05, 0) is 19.2 Å². The Labute approximate surface area is 149 Å². The topological polar surface area (TPSA) is 74.4 Å². The number of carbonyl (C=O) groups is 1. The summed E-state index contributed by atoms with van der Waals surface area (Å²) in [5, 5.41) is 7.34. The Kier molecular flexibility index (Phi) is 4.26. The minimum Gasteiger partial charge on any atom is -0.453 e. The fourth-order valence-electron chi connectivity index (χ4n) is 2.97. The molecule has 134 valence electrons. The largest absolute Gasteiger partial charge is 0.453 e. The zero-order valence-corrected chi connectivity index (χ0v) is 14.3. The summed E-state index contributed by atoms with van der Waals surface area (Å²) in [5.74, 6) is -0.217. The highest BCUT2D eigenvalue weighted by Crippen LogP contribution is 2.32. The number of ether oxygens (including phenoxy) is 1. The normalized spacial score (nSPS) is 15.4. The number of rotatable bonds is 3. The zero-order valence-electron chi connectivity index (χ0n) is 14.3. The number of para-hydroxylation sites is 1. The summed E-state index contributed by atoms with van der Waals surface area (Å²) >= 11 is 0. The number of amides is 1. The summed E-state index contributed by atoms with van der Waals surface area (Å²) in [4.78, 5) is 21.0. The number of pyridine rings is 1. The van der Waals surface area contributed by atoms with Crippen LogP contribution in [0.3, 0.4) is 0 Å². The number of aromatic amines is 1. The summed E-state index contributed by atoms with van der Waals surface area (Å²) in [6.45, 7) is 2.91. The van der Waals surface area contributed by atoms with Crippen LogP contribution in [0, 0.1) is 5.82 Å². The Bertz CT molecular complexity index is 950. The molecule has 1 aromatic carbocycles. The molecule has 1 amide bonds. The van der Waals surface area contributed by atoms with Gasteiger partial charge in [-0.15, -0.1) is 0 Å². The third kappa shape index (κ3) is 2.99. The van der Waals surface area contributed by atoms with Crippen LogP contribution in [-0.2, 0) is 0 Å². The lowest BCUT2D eigenvalue weighted by Crippen LogP contribution is -2.47. The predicted molar refractivity (Wildman–Crippen MR) is 93.8 cm³/mol. The predicted octanol–water partition coefficient (Wildman–Crippen LogP) is 2.28. The second kappa shape index (κ2) is 6.72. The highest BCUT2D eigenvalue weighted by molar-refractivity contribution is 6.06. The lowest BCUT2D eigenvalue weighted by molar-refractivity contribution is 0.0660. The Morgan fingerprint density at radius 1 is 1.15 bits per heavy atom. The molecule has 7 nitrogen and oxygen atoms in total. The van der Waals surface area contributed by atoms with Crippen molar-refractivity contribution in [1.29, 1.82) is 0 Å². The molecule has 4 rings (SSSR count). The first-order valence-corrected chi connectivity index (χ1v) is 8.37. The molecule has 3 heterocycles. The number of benzene rings is 1. The van der Waals surface area contributed by atoms with E-state index in [1.165, 1.54) is 18.3 Å². The molecule has 1 aliphatic heterocycles. The van der Waals surface area contributed by atoms with E-state index >= 15 is 0 Å². The molecule has 0 atom stereocenters. The molecule has 0 aliphatic carbocycles. The van der Waals surface area contributed by atoms with Crippen LogP contribution in [0.1, 0.15) is 10.5 Å². The first kappa shape index (κ1) is 16.5. The summed E-state index contributed by atoms with van der Waals surface area (Å²) < 4.78 is 19.7. The smallest absolute Gasteiger partial charge is 0.272 e. The summed E-state index contributed by atoms with van der Waals surface area (Å²) in [6, 6.07) is 7.72. The van der Waals surface area contributed by atoms with Crippen molar-refractivity contribution in [1.82, 2.24) is 25.0 Å². The van der Waals surface area contributed by atoms with Crippen molar-refractivity contribution in [3.8, 4) is 11.5 Å². The highest BCUT2D eigenvalue weighted by atomic mass is 19.1. The summed E-state index contributed by atoms with van der Waals surface area (Å²) in [7, 11) is 2.03. The highest BCUT2D eigenvalue weighted by Gasteiger charge is 2.26. The van der Waals surface area contributed by atoms with Gasteiger partial charge >= 0.3 is 0 Å². The SMILES string of the molecule is CN1CCN(C(=O)c2[nH]nc3nccc(Oc4ccccc4F)c23)CC1. The first-order chi connectivity index (χ1) is 12.6. The molecule has 3 aromatic rings. The number of hydrogen-bond donors (Lipinski definition) is 1. The maximum atomic E-state index is 13.9. The van der Waals surface area contributed by atoms with Gasteiger partial charge in [-0.1, -0.05) is 12.1 Å². The van der Waals surface area contributed by atoms with Gasteiger partial charge in [-0.25, -0.2) is 9.37 Å². The second-order valence-corrected chi connectivity index (χ2v) is 6.23. The van der Waals surface area contributed by atoms with Gasteiger partial charge < -0.3 is 14.5 Å². The molecular formula is C18H18FN5O2. The van der Waals surface area contributed by atoms with Crippen LogP contribution < -0.4 is 4.74 Å². The zero-order chi connectivity index (χ0) is 18.1. The van der Waals surface area contributed by atoms with E-state index < -0.39 is 5.82 Å². The number of hydrogen-bond acceptors (Lipinski definition) is 5. The van der Waals surface area contributed by atoms with Crippen molar-refractivity contribution in [2.24, 2.45) is 0 Å². The van der Waals surface area contributed by atoms with Crippen molar-refractivity contribution in [2.45, 2.75) is 0 Å². The maximum absolute atomic E-state index is 13.9. The number of H-pyrrole nitrogens is 1. The van der Waals surface area contributed by atoms with Crippen LogP contribution in [0.5, 0.6) is 11.5 Å². The Morgan fingerprint density at radius 2 is 1.92 bits per heavy atom. The van der Waals surface area contributed by atoms with E-state index in [1.54, 1.807) is 23.1 Å². The van der Waals surface area contributed by atoms with E-state index in [1.807, 2.05) is 7.05 Å². The van der Waals surface area contributed by atoms with Crippen molar-refractivity contribution < 1.29 is 13.9 Å². The number of carbonyl (C=O) groups excluding carboxylic acids is 1. The summed E-state index contributed by atoms with van der Waals surface area (Å²) in [6.07, 6.45) is 1.52. The van der Waals surface area contributed by atoms with E-state index in [4.69, 9.17) is 4.74 Å². The Morgan fingerprint density at radius 3 is 2.69 bits per heavy atom. The quantitative estimate of drug-likeness (QED) is 0.780. The van der Waals surface area contributed by atoms with Gasteiger partial charge in [0.15, 0.2) is 17.2 Å². The van der Waals surface area contributed by atoms with E-state index in [2.05, 4.69) is 20.1 Å². The number of nitrogens with one attached hydrogen (secondary N) is 1. The monoisotopic (exact) mass is 355 g/mol. The molecule has 0 saturated carbocycles. The molecule has 0 bridgehead atoms. The lowest BCUT2D eigenvalue weighted by atomic mass is 10.2. The van der Waals surface area contributed by atoms with Crippen molar-refractivity contribution in [2.75, 3.05) is 33.2 Å². The molecule has 0 unspecified atom stereocenters. The van der Waals surface area contributed by atoms with Crippen molar-refractivity contribution >= 4 is 16.9 Å². The van der Waals surface area contributed by atoms with E-state index in [0.29, 0.717) is 35.6 Å². The van der Waals surface area contributed by atoms with Gasteiger partial charge in [-0.2, -0.15) is 5.10 Å². The maximum Gasteiger partial charge on any atom is 0.272 e. The average molecular weight is 355 g/mol. The standard InChI is InChI=1S/C18H18FN5O2/c1-23-8-10-24(11-9-23)18(25)16-15-14(6-7-20-17(15)22-21-16)26-13-5-3-2-4-12(13)19/h2-7H,8-11H2,1H3,(H,20,21,22). The molecule has 8 heteroatoms. The number of halogens is 1. The summed E-state index contributed by atoms with van der Waals surface area (Å²) in [5.41, 5.74) is 0.667. The molecular weight excluding hydrogens is 337 g/mol. The molecule has 1 aliphatic rings. The van der Waals surface area contributed by atoms with E-state index in [-0.39, 0.29) is 11.7 Å². The van der Waals surface area contributed by atoms with Crippen LogP contribution >= 0.6 is 0 Å². The molecule has 1 N–H and O–H groups in total. The molecule has 1 fully saturated rings. The fraction of sp³-hybridized carbons (Fsp3) is 0.278. The number of aromatic nitrogens is 3. The van der Waals surface area contributed by atoms with Crippen LogP contribution in [0.15, 0.2) is 36.5 Å². The van der Waals surface area contributed by atoms with Crippen LogP contribution in [0.25, 0.3) is 11.0 Å². The van der Waals surface area contributed by atoms with Crippen LogP contribution in [0.4, 0.5) is 4.39 Å². The molecule has 2 aromatic heterocycles.